The molecule has 0 spiro atoms. The Morgan fingerprint density at radius 2 is 2.26 bits per heavy atom. The van der Waals surface area contributed by atoms with Gasteiger partial charge in [-0.15, -0.1) is 0 Å². The molecule has 0 saturated heterocycles. The summed E-state index contributed by atoms with van der Waals surface area (Å²) < 4.78 is 0. The molecule has 0 aromatic heterocycles. The first kappa shape index (κ1) is 14.6. The third-order valence-corrected chi connectivity index (χ3v) is 4.48. The molecule has 2 rings (SSSR count). The number of amides is 1. The first-order chi connectivity index (χ1) is 9.11. The second kappa shape index (κ2) is 6.56. The van der Waals surface area contributed by atoms with E-state index in [0.29, 0.717) is 4.83 Å². The van der Waals surface area contributed by atoms with Crippen LogP contribution in [0.3, 0.4) is 0 Å². The van der Waals surface area contributed by atoms with Crippen LogP contribution in [0, 0.1) is 0 Å². The minimum absolute atomic E-state index is 0.151. The average molecular weight is 324 g/mol. The topological polar surface area (TPSA) is 20.3 Å². The number of benzene rings is 1. The molecular weight excluding hydrogens is 302 g/mol. The Kier molecular flexibility index (Phi) is 5.03. The van der Waals surface area contributed by atoms with E-state index >= 15 is 0 Å². The molecule has 1 aliphatic heterocycles. The minimum Gasteiger partial charge on any atom is -0.312 e. The number of anilines is 1. The lowest BCUT2D eigenvalue weighted by Crippen LogP contribution is -2.33. The van der Waals surface area contributed by atoms with Crippen LogP contribution < -0.4 is 4.90 Å². The molecule has 0 N–H and O–H groups in total. The van der Waals surface area contributed by atoms with E-state index in [0.717, 1.165) is 31.5 Å². The van der Waals surface area contributed by atoms with Gasteiger partial charge in [-0.3, -0.25) is 4.79 Å². The van der Waals surface area contributed by atoms with E-state index in [4.69, 9.17) is 0 Å². The largest absolute Gasteiger partial charge is 0.312 e. The molecule has 3 heteroatoms. The number of fused-ring (bicyclic) bond motifs is 1. The molecule has 1 aliphatic rings. The molecule has 0 aliphatic carbocycles. The van der Waals surface area contributed by atoms with E-state index < -0.39 is 0 Å². The summed E-state index contributed by atoms with van der Waals surface area (Å²) in [5.74, 6) is 0.151. The zero-order chi connectivity index (χ0) is 13.8. The van der Waals surface area contributed by atoms with Gasteiger partial charge >= 0.3 is 0 Å². The van der Waals surface area contributed by atoms with Gasteiger partial charge in [0.2, 0.25) is 5.91 Å². The summed E-state index contributed by atoms with van der Waals surface area (Å²) in [7, 11) is 0. The van der Waals surface area contributed by atoms with Crippen LogP contribution in [0.4, 0.5) is 5.69 Å². The number of hydrogen-bond donors (Lipinski definition) is 0. The molecule has 1 amide bonds. The van der Waals surface area contributed by atoms with Crippen LogP contribution in [0.5, 0.6) is 0 Å². The Bertz CT molecular complexity index is 458. The van der Waals surface area contributed by atoms with Crippen molar-refractivity contribution < 1.29 is 4.79 Å². The maximum atomic E-state index is 11.6. The second-order valence-electron chi connectivity index (χ2n) is 5.33. The highest BCUT2D eigenvalue weighted by atomic mass is 79.9. The van der Waals surface area contributed by atoms with Crippen molar-refractivity contribution in [3.63, 3.8) is 0 Å². The number of rotatable bonds is 4. The summed E-state index contributed by atoms with van der Waals surface area (Å²) >= 11 is 3.74. The van der Waals surface area contributed by atoms with Crippen LogP contribution >= 0.6 is 15.9 Å². The van der Waals surface area contributed by atoms with Crippen molar-refractivity contribution in [1.29, 1.82) is 0 Å². The zero-order valence-corrected chi connectivity index (χ0v) is 13.4. The van der Waals surface area contributed by atoms with Gasteiger partial charge in [0.05, 0.1) is 0 Å². The molecule has 1 unspecified atom stereocenters. The lowest BCUT2D eigenvalue weighted by Gasteiger charge is -2.29. The second-order valence-corrected chi connectivity index (χ2v) is 6.62. The molecule has 0 radical (unpaired) electrons. The summed E-state index contributed by atoms with van der Waals surface area (Å²) in [5, 5.41) is 0. The van der Waals surface area contributed by atoms with Gasteiger partial charge < -0.3 is 4.90 Å². The molecular formula is C16H22BrNO. The lowest BCUT2D eigenvalue weighted by molar-refractivity contribution is -0.116. The van der Waals surface area contributed by atoms with Gasteiger partial charge in [0.25, 0.3) is 0 Å². The van der Waals surface area contributed by atoms with Crippen molar-refractivity contribution in [3.8, 4) is 0 Å². The van der Waals surface area contributed by atoms with Crippen LogP contribution in [0.2, 0.25) is 0 Å². The number of carbonyl (C=O) groups is 1. The van der Waals surface area contributed by atoms with Gasteiger partial charge in [-0.1, -0.05) is 41.4 Å². The molecule has 1 aromatic carbocycles. The van der Waals surface area contributed by atoms with Crippen molar-refractivity contribution >= 4 is 27.5 Å². The predicted octanol–water partition coefficient (Wildman–Crippen LogP) is 4.09. The number of aryl methyl sites for hydroxylation is 1. The molecule has 0 saturated carbocycles. The highest BCUT2D eigenvalue weighted by Gasteiger charge is 2.20. The summed E-state index contributed by atoms with van der Waals surface area (Å²) in [6.07, 6.45) is 5.65. The molecule has 1 heterocycles. The monoisotopic (exact) mass is 323 g/mol. The highest BCUT2D eigenvalue weighted by Crippen LogP contribution is 2.29. The van der Waals surface area contributed by atoms with Gasteiger partial charge in [-0.05, 0) is 42.9 Å². The smallest absolute Gasteiger partial charge is 0.223 e. The third kappa shape index (κ3) is 3.59. The van der Waals surface area contributed by atoms with E-state index in [1.165, 1.54) is 24.0 Å². The average Bonchev–Trinajstić information content (AvgIpc) is 2.37. The van der Waals surface area contributed by atoms with Gasteiger partial charge in [-0.25, -0.2) is 0 Å². The standard InChI is InChI=1S/C16H22BrNO/c1-3-5-15(17)11-13-7-8-16-14(10-13)6-4-9-18(16)12(2)19/h7-8,10,15H,3-6,9,11H2,1-2H3. The number of alkyl halides is 1. The Balaban J connectivity index is 2.17. The number of carbonyl (C=O) groups excluding carboxylic acids is 1. The quantitative estimate of drug-likeness (QED) is 0.764. The molecule has 1 atom stereocenters. The number of halogens is 1. The Morgan fingerprint density at radius 3 is 2.95 bits per heavy atom. The zero-order valence-electron chi connectivity index (χ0n) is 11.8. The van der Waals surface area contributed by atoms with Gasteiger partial charge in [-0.2, -0.15) is 0 Å². The molecule has 1 aromatic rings. The van der Waals surface area contributed by atoms with Gasteiger partial charge in [0.1, 0.15) is 0 Å². The Hall–Kier alpha value is -0.830. The number of hydrogen-bond acceptors (Lipinski definition) is 1. The lowest BCUT2D eigenvalue weighted by atomic mass is 9.97. The van der Waals surface area contributed by atoms with Crippen LogP contribution in [-0.2, 0) is 17.6 Å². The van der Waals surface area contributed by atoms with Crippen LogP contribution in [0.25, 0.3) is 0 Å². The fraction of sp³-hybridized carbons (Fsp3) is 0.562. The molecule has 0 bridgehead atoms. The third-order valence-electron chi connectivity index (χ3n) is 3.70. The maximum absolute atomic E-state index is 11.6. The Labute approximate surface area is 124 Å². The molecule has 19 heavy (non-hydrogen) atoms. The maximum Gasteiger partial charge on any atom is 0.223 e. The van der Waals surface area contributed by atoms with Crippen LogP contribution in [0.15, 0.2) is 18.2 Å². The first-order valence-electron chi connectivity index (χ1n) is 7.15. The predicted molar refractivity (Wildman–Crippen MR) is 84.1 cm³/mol. The van der Waals surface area contributed by atoms with Crippen LogP contribution in [-0.4, -0.2) is 17.3 Å². The van der Waals surface area contributed by atoms with E-state index in [9.17, 15) is 4.79 Å². The summed E-state index contributed by atoms with van der Waals surface area (Å²) in [6, 6.07) is 6.58. The molecule has 0 fully saturated rings. The van der Waals surface area contributed by atoms with Crippen molar-refractivity contribution in [1.82, 2.24) is 0 Å². The van der Waals surface area contributed by atoms with Crippen LogP contribution in [0.1, 0.15) is 44.2 Å². The van der Waals surface area contributed by atoms with Crippen molar-refractivity contribution in [3.05, 3.63) is 29.3 Å². The molecule has 2 nitrogen and oxygen atoms in total. The minimum atomic E-state index is 0.151. The Morgan fingerprint density at radius 1 is 1.47 bits per heavy atom. The first-order valence-corrected chi connectivity index (χ1v) is 8.07. The van der Waals surface area contributed by atoms with Gasteiger partial charge in [0, 0.05) is 24.0 Å². The number of nitrogens with zero attached hydrogens (tertiary/aromatic N) is 1. The van der Waals surface area contributed by atoms with E-state index in [-0.39, 0.29) is 5.91 Å². The summed E-state index contributed by atoms with van der Waals surface area (Å²) in [4.78, 5) is 14.1. The van der Waals surface area contributed by atoms with E-state index in [1.54, 1.807) is 6.92 Å². The van der Waals surface area contributed by atoms with E-state index in [2.05, 4.69) is 41.1 Å². The fourth-order valence-corrected chi connectivity index (χ4v) is 3.61. The summed E-state index contributed by atoms with van der Waals surface area (Å²) in [6.45, 7) is 4.73. The highest BCUT2D eigenvalue weighted by molar-refractivity contribution is 9.09. The molecule has 104 valence electrons. The fourth-order valence-electron chi connectivity index (χ4n) is 2.78. The van der Waals surface area contributed by atoms with Crippen molar-refractivity contribution in [2.45, 2.75) is 50.8 Å². The summed E-state index contributed by atoms with van der Waals surface area (Å²) in [5.41, 5.74) is 3.82. The van der Waals surface area contributed by atoms with Crippen molar-refractivity contribution in [2.75, 3.05) is 11.4 Å². The van der Waals surface area contributed by atoms with E-state index in [1.807, 2.05) is 4.90 Å². The van der Waals surface area contributed by atoms with Gasteiger partial charge in [0.15, 0.2) is 0 Å². The normalized spacial score (nSPS) is 16.1. The SMILES string of the molecule is CCCC(Br)Cc1ccc2c(c1)CCCN2C(C)=O. The van der Waals surface area contributed by atoms with Crippen molar-refractivity contribution in [2.24, 2.45) is 0 Å².